The maximum Gasteiger partial charge on any atom is 0.247 e. The number of nitrogens with one attached hydrogen (secondary N) is 1. The van der Waals surface area contributed by atoms with Crippen LogP contribution in [-0.4, -0.2) is 67.4 Å². The van der Waals surface area contributed by atoms with Gasteiger partial charge in [-0.3, -0.25) is 9.59 Å². The number of para-hydroxylation sites is 1. The van der Waals surface area contributed by atoms with E-state index in [2.05, 4.69) is 12.2 Å². The number of aliphatic hydroxyl groups is 1. The normalized spacial score (nSPS) is 21.8. The van der Waals surface area contributed by atoms with Crippen LogP contribution in [0.1, 0.15) is 44.1 Å². The minimum absolute atomic E-state index is 0.0687. The number of nitrogens with zero attached hydrogens (tertiary/aromatic N) is 1. The van der Waals surface area contributed by atoms with Crippen LogP contribution in [0.25, 0.3) is 0 Å². The van der Waals surface area contributed by atoms with Gasteiger partial charge in [0.05, 0.1) is 25.2 Å². The van der Waals surface area contributed by atoms with Crippen LogP contribution in [0.2, 0.25) is 0 Å². The fourth-order valence-corrected chi connectivity index (χ4v) is 4.29. The average molecular weight is 417 g/mol. The van der Waals surface area contributed by atoms with E-state index in [1.54, 1.807) is 7.11 Å². The molecule has 7 heteroatoms. The Morgan fingerprint density at radius 2 is 2.13 bits per heavy atom. The van der Waals surface area contributed by atoms with E-state index >= 15 is 0 Å². The molecule has 3 unspecified atom stereocenters. The summed E-state index contributed by atoms with van der Waals surface area (Å²) >= 11 is 0. The number of rotatable bonds is 10. The summed E-state index contributed by atoms with van der Waals surface area (Å²) in [7, 11) is 1.62. The topological polar surface area (TPSA) is 88.1 Å². The molecule has 3 rings (SSSR count). The summed E-state index contributed by atoms with van der Waals surface area (Å²) in [6, 6.07) is 7.53. The molecule has 0 aromatic heterocycles. The van der Waals surface area contributed by atoms with Crippen molar-refractivity contribution >= 4 is 11.8 Å². The van der Waals surface area contributed by atoms with Crippen LogP contribution in [0.5, 0.6) is 5.75 Å². The molecular formula is C23H32N2O5. The Kier molecular flexibility index (Phi) is 7.87. The van der Waals surface area contributed by atoms with Gasteiger partial charge in [-0.15, -0.1) is 0 Å². The lowest BCUT2D eigenvalue weighted by Crippen LogP contribution is -2.47. The zero-order valence-corrected chi connectivity index (χ0v) is 17.8. The van der Waals surface area contributed by atoms with E-state index in [4.69, 9.17) is 14.6 Å². The van der Waals surface area contributed by atoms with Crippen molar-refractivity contribution in [3.05, 3.63) is 41.5 Å². The molecule has 2 N–H and O–H groups in total. The van der Waals surface area contributed by atoms with E-state index in [9.17, 15) is 9.59 Å². The maximum absolute atomic E-state index is 13.0. The third-order valence-electron chi connectivity index (χ3n) is 5.75. The molecule has 0 radical (unpaired) electrons. The summed E-state index contributed by atoms with van der Waals surface area (Å²) in [5.74, 6) is 0.455. The van der Waals surface area contributed by atoms with E-state index in [1.807, 2.05) is 35.2 Å². The quantitative estimate of drug-likeness (QED) is 0.609. The van der Waals surface area contributed by atoms with Crippen LogP contribution >= 0.6 is 0 Å². The molecule has 0 saturated carbocycles. The number of ether oxygens (including phenoxy) is 2. The van der Waals surface area contributed by atoms with E-state index in [0.717, 1.165) is 24.2 Å². The van der Waals surface area contributed by atoms with Gasteiger partial charge < -0.3 is 24.8 Å². The molecule has 2 amide bonds. The molecule has 2 aliphatic rings. The molecule has 7 nitrogen and oxygen atoms in total. The largest absolute Gasteiger partial charge is 0.489 e. The summed E-state index contributed by atoms with van der Waals surface area (Å²) in [5, 5.41) is 11.9. The van der Waals surface area contributed by atoms with Crippen LogP contribution in [-0.2, 0) is 14.3 Å². The van der Waals surface area contributed by atoms with Gasteiger partial charge in [-0.2, -0.15) is 0 Å². The van der Waals surface area contributed by atoms with E-state index < -0.39 is 0 Å². The first-order chi connectivity index (χ1) is 14.6. The third-order valence-corrected chi connectivity index (χ3v) is 5.75. The highest BCUT2D eigenvalue weighted by atomic mass is 16.5. The van der Waals surface area contributed by atoms with Crippen LogP contribution < -0.4 is 10.1 Å². The second-order valence-corrected chi connectivity index (χ2v) is 7.76. The Bertz CT molecular complexity index is 779. The fraction of sp³-hybridized carbons (Fsp3) is 0.565. The first-order valence-electron chi connectivity index (χ1n) is 10.8. The zero-order valence-electron chi connectivity index (χ0n) is 17.8. The number of aliphatic hydroxyl groups excluding tert-OH is 1. The van der Waals surface area contributed by atoms with Crippen molar-refractivity contribution in [3.8, 4) is 5.75 Å². The van der Waals surface area contributed by atoms with Crippen molar-refractivity contribution in [1.29, 1.82) is 0 Å². The Labute approximate surface area is 178 Å². The molecule has 0 fully saturated rings. The van der Waals surface area contributed by atoms with Crippen LogP contribution in [0.4, 0.5) is 0 Å². The van der Waals surface area contributed by atoms with E-state index in [-0.39, 0.29) is 43.0 Å². The lowest BCUT2D eigenvalue weighted by atomic mass is 9.79. The molecule has 1 heterocycles. The second kappa shape index (κ2) is 10.6. The minimum atomic E-state index is -0.241. The summed E-state index contributed by atoms with van der Waals surface area (Å²) in [6.07, 6.45) is 4.58. The Morgan fingerprint density at radius 3 is 2.87 bits per heavy atom. The molecule has 1 aliphatic carbocycles. The Morgan fingerprint density at radius 1 is 1.33 bits per heavy atom. The van der Waals surface area contributed by atoms with Crippen molar-refractivity contribution in [3.63, 3.8) is 0 Å². The van der Waals surface area contributed by atoms with Crippen LogP contribution in [0.3, 0.4) is 0 Å². The van der Waals surface area contributed by atoms with Gasteiger partial charge in [0.1, 0.15) is 11.9 Å². The van der Waals surface area contributed by atoms with E-state index in [0.29, 0.717) is 31.6 Å². The Balaban J connectivity index is 1.92. The first-order valence-corrected chi connectivity index (χ1v) is 10.8. The van der Waals surface area contributed by atoms with Crippen molar-refractivity contribution < 1.29 is 24.2 Å². The van der Waals surface area contributed by atoms with Gasteiger partial charge >= 0.3 is 0 Å². The van der Waals surface area contributed by atoms with Crippen molar-refractivity contribution in [2.45, 2.75) is 50.7 Å². The molecule has 1 aliphatic heterocycles. The molecule has 30 heavy (non-hydrogen) atoms. The Hall–Kier alpha value is -2.38. The number of amides is 2. The SMILES string of the molecule is CCCCC(=O)N(CCOC)C1C=C(C(=O)NCCO)C2c3ccccc3OC2C1. The highest BCUT2D eigenvalue weighted by Gasteiger charge is 2.44. The standard InChI is InChI=1S/C23H32N2O5/c1-3-4-9-21(27)25(11-13-29-2)16-14-18(23(28)24-10-12-26)22-17-7-5-6-8-19(17)30-20(22)15-16/h5-8,14,16,20,22,26H,3-4,9-13,15H2,1-2H3,(H,24,28). The van der Waals surface area contributed by atoms with Crippen LogP contribution in [0.15, 0.2) is 35.9 Å². The van der Waals surface area contributed by atoms with Gasteiger partial charge in [-0.05, 0) is 12.5 Å². The highest BCUT2D eigenvalue weighted by Crippen LogP contribution is 2.47. The summed E-state index contributed by atoms with van der Waals surface area (Å²) < 4.78 is 11.4. The summed E-state index contributed by atoms with van der Waals surface area (Å²) in [5.41, 5.74) is 1.59. The number of methoxy groups -OCH3 is 1. The maximum atomic E-state index is 13.0. The first kappa shape index (κ1) is 22.3. The van der Waals surface area contributed by atoms with Crippen molar-refractivity contribution in [2.24, 2.45) is 0 Å². The molecule has 0 bridgehead atoms. The van der Waals surface area contributed by atoms with Gasteiger partial charge in [0.15, 0.2) is 0 Å². The number of carbonyl (C=O) groups excluding carboxylic acids is 2. The third kappa shape index (κ3) is 4.84. The van der Waals surface area contributed by atoms with Crippen molar-refractivity contribution in [1.82, 2.24) is 10.2 Å². The van der Waals surface area contributed by atoms with Gasteiger partial charge in [0.2, 0.25) is 11.8 Å². The molecular weight excluding hydrogens is 384 g/mol. The predicted molar refractivity (Wildman–Crippen MR) is 113 cm³/mol. The number of hydrogen-bond donors (Lipinski definition) is 2. The van der Waals surface area contributed by atoms with Crippen LogP contribution in [0, 0.1) is 0 Å². The van der Waals surface area contributed by atoms with Gasteiger partial charge in [0, 0.05) is 44.2 Å². The smallest absolute Gasteiger partial charge is 0.247 e. The molecule has 1 aromatic carbocycles. The van der Waals surface area contributed by atoms with Gasteiger partial charge in [0.25, 0.3) is 0 Å². The minimum Gasteiger partial charge on any atom is -0.489 e. The van der Waals surface area contributed by atoms with E-state index in [1.165, 1.54) is 0 Å². The average Bonchev–Trinajstić information content (AvgIpc) is 3.14. The zero-order chi connectivity index (χ0) is 21.5. The summed E-state index contributed by atoms with van der Waals surface area (Å²) in [6.45, 7) is 3.02. The lowest BCUT2D eigenvalue weighted by molar-refractivity contribution is -0.134. The fourth-order valence-electron chi connectivity index (χ4n) is 4.29. The molecule has 164 valence electrons. The van der Waals surface area contributed by atoms with Gasteiger partial charge in [-0.25, -0.2) is 0 Å². The monoisotopic (exact) mass is 416 g/mol. The number of fused-ring (bicyclic) bond motifs is 3. The number of hydrogen-bond acceptors (Lipinski definition) is 5. The highest BCUT2D eigenvalue weighted by molar-refractivity contribution is 5.96. The van der Waals surface area contributed by atoms with Gasteiger partial charge in [-0.1, -0.05) is 37.6 Å². The molecule has 0 spiro atoms. The predicted octanol–water partition coefficient (Wildman–Crippen LogP) is 2.00. The van der Waals surface area contributed by atoms with Crippen molar-refractivity contribution in [2.75, 3.05) is 33.4 Å². The summed E-state index contributed by atoms with van der Waals surface area (Å²) in [4.78, 5) is 27.7. The second-order valence-electron chi connectivity index (χ2n) is 7.76. The lowest BCUT2D eigenvalue weighted by Gasteiger charge is -2.37. The molecule has 0 saturated heterocycles. The number of benzene rings is 1. The molecule has 1 aromatic rings. The number of carbonyl (C=O) groups is 2. The number of unbranched alkanes of at least 4 members (excludes halogenated alkanes) is 1. The molecule has 3 atom stereocenters.